The molecule has 10 nitrogen and oxygen atoms in total. The molecule has 0 spiro atoms. The number of nitrogens with zero attached hydrogens (tertiary/aromatic N) is 2. The van der Waals surface area contributed by atoms with Crippen LogP contribution >= 0.6 is 0 Å². The summed E-state index contributed by atoms with van der Waals surface area (Å²) in [6, 6.07) is 8.23. The fourth-order valence-electron chi connectivity index (χ4n) is 3.30. The second kappa shape index (κ2) is 8.94. The van der Waals surface area contributed by atoms with Gasteiger partial charge in [-0.05, 0) is 55.8 Å². The number of imide groups is 1. The van der Waals surface area contributed by atoms with Crippen molar-refractivity contribution in [3.8, 4) is 17.4 Å². The van der Waals surface area contributed by atoms with E-state index in [1.807, 2.05) is 0 Å². The van der Waals surface area contributed by atoms with E-state index in [0.29, 0.717) is 0 Å². The summed E-state index contributed by atoms with van der Waals surface area (Å²) in [5, 5.41) is 37.5. The summed E-state index contributed by atoms with van der Waals surface area (Å²) in [6.07, 6.45) is 0.316. The number of hydrogen-bond donors (Lipinski definition) is 3. The average Bonchev–Trinajstić information content (AvgIpc) is 3.23. The van der Waals surface area contributed by atoms with Crippen molar-refractivity contribution in [2.75, 3.05) is 6.54 Å². The highest BCUT2D eigenvalue weighted by atomic mass is 16.4. The molecule has 0 saturated carbocycles. The van der Waals surface area contributed by atoms with Crippen LogP contribution in [0.15, 0.2) is 51.5 Å². The van der Waals surface area contributed by atoms with E-state index >= 15 is 0 Å². The van der Waals surface area contributed by atoms with Crippen LogP contribution in [0.25, 0.3) is 17.4 Å². The Labute approximate surface area is 187 Å². The summed E-state index contributed by atoms with van der Waals surface area (Å²) >= 11 is 0. The molecule has 3 rings (SSSR count). The molecule has 0 aliphatic carbocycles. The molecule has 0 bridgehead atoms. The number of furan rings is 1. The van der Waals surface area contributed by atoms with Crippen LogP contribution in [0.3, 0.4) is 0 Å². The van der Waals surface area contributed by atoms with Crippen LogP contribution in [-0.4, -0.2) is 56.6 Å². The number of carboxylic acid groups (broad SMARTS) is 2. The molecule has 168 valence electrons. The van der Waals surface area contributed by atoms with E-state index in [1.165, 1.54) is 44.2 Å². The van der Waals surface area contributed by atoms with E-state index in [0.717, 1.165) is 11.0 Å². The molecule has 1 aromatic heterocycles. The summed E-state index contributed by atoms with van der Waals surface area (Å²) in [4.78, 5) is 48.8. The first-order chi connectivity index (χ1) is 15.5. The Morgan fingerprint density at radius 1 is 1.12 bits per heavy atom. The SMILES string of the molecule is CC1=C(C#N)C(=O)N(CC(C)O)C(=O)/C1=C/c1ccc(-c2cc(C(=O)O)cc(C(=O)O)c2)o1. The second-order valence-electron chi connectivity index (χ2n) is 7.35. The molecule has 2 aromatic rings. The van der Waals surface area contributed by atoms with Gasteiger partial charge in [-0.3, -0.25) is 14.5 Å². The maximum atomic E-state index is 12.9. The van der Waals surface area contributed by atoms with Crippen LogP contribution in [0.2, 0.25) is 0 Å². The first kappa shape index (κ1) is 23.2. The van der Waals surface area contributed by atoms with E-state index in [1.54, 1.807) is 6.07 Å². The fraction of sp³-hybridized carbons (Fsp3) is 0.174. The lowest BCUT2D eigenvalue weighted by Gasteiger charge is -2.28. The first-order valence-electron chi connectivity index (χ1n) is 9.62. The van der Waals surface area contributed by atoms with Crippen molar-refractivity contribution in [3.05, 3.63) is 63.9 Å². The zero-order chi connectivity index (χ0) is 24.4. The van der Waals surface area contributed by atoms with Gasteiger partial charge in [-0.1, -0.05) is 0 Å². The van der Waals surface area contributed by atoms with Gasteiger partial charge in [-0.25, -0.2) is 9.59 Å². The molecular weight excluding hydrogens is 432 g/mol. The number of rotatable bonds is 6. The van der Waals surface area contributed by atoms with Crippen LogP contribution < -0.4 is 0 Å². The van der Waals surface area contributed by atoms with Gasteiger partial charge in [0.1, 0.15) is 23.2 Å². The number of carboxylic acids is 2. The number of aliphatic hydroxyl groups excluding tert-OH is 1. The van der Waals surface area contributed by atoms with Gasteiger partial charge in [0.05, 0.1) is 23.8 Å². The lowest BCUT2D eigenvalue weighted by molar-refractivity contribution is -0.141. The molecule has 1 aliphatic heterocycles. The predicted octanol–water partition coefficient (Wildman–Crippen LogP) is 2.32. The van der Waals surface area contributed by atoms with Crippen LogP contribution in [0, 0.1) is 11.3 Å². The van der Waals surface area contributed by atoms with Gasteiger partial charge in [0.2, 0.25) is 0 Å². The zero-order valence-corrected chi connectivity index (χ0v) is 17.5. The van der Waals surface area contributed by atoms with Crippen LogP contribution in [-0.2, 0) is 9.59 Å². The summed E-state index contributed by atoms with van der Waals surface area (Å²) in [6.45, 7) is 2.55. The van der Waals surface area contributed by atoms with Gasteiger partial charge in [0.15, 0.2) is 0 Å². The molecule has 10 heteroatoms. The highest BCUT2D eigenvalue weighted by Gasteiger charge is 2.36. The Morgan fingerprint density at radius 3 is 2.24 bits per heavy atom. The standard InChI is InChI=1S/C23H18N2O8/c1-11(26)10-25-20(27)17(12(2)18(9-24)21(25)28)8-16-3-4-19(33-16)13-5-14(22(29)30)7-15(6-13)23(31)32/h3-8,11,26H,10H2,1-2H3,(H,29,30)(H,31,32)/b17-8+. The molecule has 1 atom stereocenters. The van der Waals surface area contributed by atoms with Crippen molar-refractivity contribution >= 4 is 29.8 Å². The molecule has 2 amide bonds. The fourth-order valence-corrected chi connectivity index (χ4v) is 3.30. The van der Waals surface area contributed by atoms with E-state index in [2.05, 4.69) is 0 Å². The van der Waals surface area contributed by atoms with Crippen LogP contribution in [0.4, 0.5) is 0 Å². The molecule has 0 saturated heterocycles. The third-order valence-corrected chi connectivity index (χ3v) is 4.90. The van der Waals surface area contributed by atoms with Gasteiger partial charge in [-0.15, -0.1) is 0 Å². The molecule has 1 aliphatic rings. The van der Waals surface area contributed by atoms with Gasteiger partial charge in [-0.2, -0.15) is 5.26 Å². The number of aromatic carboxylic acids is 2. The molecule has 1 unspecified atom stereocenters. The predicted molar refractivity (Wildman–Crippen MR) is 113 cm³/mol. The summed E-state index contributed by atoms with van der Waals surface area (Å²) in [7, 11) is 0. The van der Waals surface area contributed by atoms with E-state index in [4.69, 9.17) is 4.42 Å². The number of carbonyl (C=O) groups is 4. The van der Waals surface area contributed by atoms with E-state index < -0.39 is 29.9 Å². The van der Waals surface area contributed by atoms with Gasteiger partial charge < -0.3 is 19.7 Å². The monoisotopic (exact) mass is 450 g/mol. The minimum atomic E-state index is -1.31. The topological polar surface area (TPSA) is 169 Å². The normalized spacial score (nSPS) is 16.2. The third-order valence-electron chi connectivity index (χ3n) is 4.90. The highest BCUT2D eigenvalue weighted by Crippen LogP contribution is 2.30. The number of benzene rings is 1. The summed E-state index contributed by atoms with van der Waals surface area (Å²) < 4.78 is 5.68. The Morgan fingerprint density at radius 2 is 1.73 bits per heavy atom. The third kappa shape index (κ3) is 4.58. The molecule has 0 radical (unpaired) electrons. The number of carbonyl (C=O) groups excluding carboxylic acids is 2. The average molecular weight is 450 g/mol. The van der Waals surface area contributed by atoms with Gasteiger partial charge >= 0.3 is 11.9 Å². The van der Waals surface area contributed by atoms with Crippen molar-refractivity contribution in [3.63, 3.8) is 0 Å². The molecular formula is C23H18N2O8. The molecule has 33 heavy (non-hydrogen) atoms. The number of aliphatic hydroxyl groups is 1. The number of amides is 2. The highest BCUT2D eigenvalue weighted by molar-refractivity contribution is 6.19. The maximum Gasteiger partial charge on any atom is 0.335 e. The van der Waals surface area contributed by atoms with E-state index in [-0.39, 0.29) is 51.5 Å². The largest absolute Gasteiger partial charge is 0.478 e. The lowest BCUT2D eigenvalue weighted by Crippen LogP contribution is -2.45. The second-order valence-corrected chi connectivity index (χ2v) is 7.35. The lowest BCUT2D eigenvalue weighted by atomic mass is 9.94. The Hall–Kier alpha value is -4.49. The Balaban J connectivity index is 2.07. The van der Waals surface area contributed by atoms with Crippen LogP contribution in [0.1, 0.15) is 40.3 Å². The smallest absolute Gasteiger partial charge is 0.335 e. The molecule has 2 heterocycles. The quantitative estimate of drug-likeness (QED) is 0.441. The first-order valence-corrected chi connectivity index (χ1v) is 9.62. The number of β-amino-alcohol motifs (C(OH)–C–C–N with tert-alkyl or cyclic N) is 1. The minimum Gasteiger partial charge on any atom is -0.478 e. The van der Waals surface area contributed by atoms with Crippen molar-refractivity contribution < 1.29 is 38.9 Å². The Kier molecular flexibility index (Phi) is 6.28. The zero-order valence-electron chi connectivity index (χ0n) is 17.5. The summed E-state index contributed by atoms with van der Waals surface area (Å²) in [5.74, 6) is -3.84. The van der Waals surface area contributed by atoms with Crippen molar-refractivity contribution in [2.45, 2.75) is 20.0 Å². The van der Waals surface area contributed by atoms with Gasteiger partial charge in [0.25, 0.3) is 11.8 Å². The Bertz CT molecular complexity index is 1260. The maximum absolute atomic E-state index is 12.9. The molecule has 0 fully saturated rings. The van der Waals surface area contributed by atoms with Gasteiger partial charge in [0, 0.05) is 11.1 Å². The van der Waals surface area contributed by atoms with Crippen molar-refractivity contribution in [1.82, 2.24) is 4.90 Å². The number of hydrogen-bond acceptors (Lipinski definition) is 7. The van der Waals surface area contributed by atoms with E-state index in [9.17, 15) is 39.8 Å². The van der Waals surface area contributed by atoms with Crippen molar-refractivity contribution in [1.29, 1.82) is 5.26 Å². The number of nitriles is 1. The van der Waals surface area contributed by atoms with Crippen LogP contribution in [0.5, 0.6) is 0 Å². The van der Waals surface area contributed by atoms with Crippen molar-refractivity contribution in [2.24, 2.45) is 0 Å². The molecule has 1 aromatic carbocycles. The summed E-state index contributed by atoms with van der Waals surface area (Å²) in [5.41, 5.74) is -0.371. The molecule has 3 N–H and O–H groups in total. The minimum absolute atomic E-state index is 0.0122.